The standard InChI is InChI=1S/C20H16N2O/c1-23-17-11-7-10-16(14-17)22-19-13-6-5-12-18(19)21-20(22)15-8-3-2-4-9-15/h2-14H,1H3. The Hall–Kier alpha value is -3.07. The maximum atomic E-state index is 5.38. The molecule has 0 aliphatic heterocycles. The lowest BCUT2D eigenvalue weighted by atomic mass is 10.2. The van der Waals surface area contributed by atoms with Gasteiger partial charge in [-0.25, -0.2) is 4.98 Å². The Morgan fingerprint density at radius 2 is 1.61 bits per heavy atom. The summed E-state index contributed by atoms with van der Waals surface area (Å²) in [6.45, 7) is 0. The second kappa shape index (κ2) is 5.61. The van der Waals surface area contributed by atoms with Gasteiger partial charge in [0.2, 0.25) is 0 Å². The fourth-order valence-electron chi connectivity index (χ4n) is 2.82. The molecule has 3 nitrogen and oxygen atoms in total. The smallest absolute Gasteiger partial charge is 0.145 e. The van der Waals surface area contributed by atoms with Crippen LogP contribution in [0.1, 0.15) is 0 Å². The zero-order valence-corrected chi connectivity index (χ0v) is 12.8. The molecule has 4 rings (SSSR count). The van der Waals surface area contributed by atoms with E-state index in [9.17, 15) is 0 Å². The lowest BCUT2D eigenvalue weighted by Gasteiger charge is -2.11. The highest BCUT2D eigenvalue weighted by atomic mass is 16.5. The quantitative estimate of drug-likeness (QED) is 0.548. The first-order valence-corrected chi connectivity index (χ1v) is 7.54. The van der Waals surface area contributed by atoms with Crippen LogP contribution in [0.4, 0.5) is 0 Å². The molecule has 0 saturated heterocycles. The van der Waals surface area contributed by atoms with Crippen LogP contribution in [0.15, 0.2) is 78.9 Å². The molecule has 0 radical (unpaired) electrons. The Morgan fingerprint density at radius 1 is 0.826 bits per heavy atom. The van der Waals surface area contributed by atoms with Crippen molar-refractivity contribution in [3.63, 3.8) is 0 Å². The number of methoxy groups -OCH3 is 1. The van der Waals surface area contributed by atoms with Gasteiger partial charge in [0.1, 0.15) is 11.6 Å². The highest BCUT2D eigenvalue weighted by Crippen LogP contribution is 2.29. The van der Waals surface area contributed by atoms with Gasteiger partial charge < -0.3 is 4.74 Å². The predicted octanol–water partition coefficient (Wildman–Crippen LogP) is 4.70. The van der Waals surface area contributed by atoms with Crippen molar-refractivity contribution in [1.29, 1.82) is 0 Å². The molecule has 1 heterocycles. The third-order valence-corrected chi connectivity index (χ3v) is 3.90. The van der Waals surface area contributed by atoms with E-state index in [2.05, 4.69) is 28.8 Å². The van der Waals surface area contributed by atoms with Gasteiger partial charge in [-0.2, -0.15) is 0 Å². The average molecular weight is 300 g/mol. The van der Waals surface area contributed by atoms with Gasteiger partial charge in [-0.1, -0.05) is 48.5 Å². The summed E-state index contributed by atoms with van der Waals surface area (Å²) in [5.74, 6) is 1.76. The molecule has 1 aromatic heterocycles. The first kappa shape index (κ1) is 13.6. The van der Waals surface area contributed by atoms with Gasteiger partial charge in [0.05, 0.1) is 23.8 Å². The van der Waals surface area contributed by atoms with E-state index in [1.165, 1.54) is 0 Å². The summed E-state index contributed by atoms with van der Waals surface area (Å²) in [7, 11) is 1.68. The van der Waals surface area contributed by atoms with Crippen molar-refractivity contribution in [2.45, 2.75) is 0 Å². The molecule has 0 aliphatic carbocycles. The summed E-state index contributed by atoms with van der Waals surface area (Å²) in [6.07, 6.45) is 0. The number of hydrogen-bond donors (Lipinski definition) is 0. The SMILES string of the molecule is COc1cccc(-n2c(-c3ccccc3)nc3ccccc32)c1. The fourth-order valence-corrected chi connectivity index (χ4v) is 2.82. The molecular weight excluding hydrogens is 284 g/mol. The first-order valence-electron chi connectivity index (χ1n) is 7.54. The Bertz CT molecular complexity index is 958. The Kier molecular flexibility index (Phi) is 3.31. The Morgan fingerprint density at radius 3 is 2.43 bits per heavy atom. The number of rotatable bonds is 3. The molecule has 0 amide bonds. The topological polar surface area (TPSA) is 27.1 Å². The van der Waals surface area contributed by atoms with Crippen molar-refractivity contribution in [2.24, 2.45) is 0 Å². The van der Waals surface area contributed by atoms with E-state index < -0.39 is 0 Å². The van der Waals surface area contributed by atoms with Crippen molar-refractivity contribution >= 4 is 11.0 Å². The number of fused-ring (bicyclic) bond motifs is 1. The lowest BCUT2D eigenvalue weighted by molar-refractivity contribution is 0.414. The fraction of sp³-hybridized carbons (Fsp3) is 0.0500. The molecule has 0 aliphatic rings. The average Bonchev–Trinajstić information content (AvgIpc) is 3.02. The van der Waals surface area contributed by atoms with Crippen LogP contribution in [0.25, 0.3) is 28.1 Å². The second-order valence-electron chi connectivity index (χ2n) is 5.33. The van der Waals surface area contributed by atoms with E-state index in [1.54, 1.807) is 7.11 Å². The van der Waals surface area contributed by atoms with E-state index in [4.69, 9.17) is 9.72 Å². The maximum absolute atomic E-state index is 5.38. The van der Waals surface area contributed by atoms with Crippen LogP contribution in [0.2, 0.25) is 0 Å². The molecule has 3 heteroatoms. The highest BCUT2D eigenvalue weighted by Gasteiger charge is 2.14. The van der Waals surface area contributed by atoms with E-state index in [0.29, 0.717) is 0 Å². The van der Waals surface area contributed by atoms with E-state index in [1.807, 2.05) is 54.6 Å². The van der Waals surface area contributed by atoms with Crippen molar-refractivity contribution in [3.05, 3.63) is 78.9 Å². The molecule has 4 aromatic rings. The molecule has 0 fully saturated rings. The molecule has 112 valence electrons. The molecule has 0 saturated carbocycles. The summed E-state index contributed by atoms with van der Waals surface area (Å²) < 4.78 is 7.55. The number of ether oxygens (including phenoxy) is 1. The van der Waals surface area contributed by atoms with Crippen LogP contribution in [0.5, 0.6) is 5.75 Å². The number of nitrogens with zero attached hydrogens (tertiary/aromatic N) is 2. The lowest BCUT2D eigenvalue weighted by Crippen LogP contribution is -1.98. The number of benzene rings is 3. The van der Waals surface area contributed by atoms with E-state index >= 15 is 0 Å². The largest absolute Gasteiger partial charge is 0.497 e. The molecule has 3 aromatic carbocycles. The zero-order chi connectivity index (χ0) is 15.6. The minimum Gasteiger partial charge on any atom is -0.497 e. The normalized spacial score (nSPS) is 10.8. The minimum absolute atomic E-state index is 0.833. The molecule has 0 unspecified atom stereocenters. The third kappa shape index (κ3) is 2.36. The predicted molar refractivity (Wildman–Crippen MR) is 93.1 cm³/mol. The molecule has 0 bridgehead atoms. The first-order chi connectivity index (χ1) is 11.4. The molecule has 23 heavy (non-hydrogen) atoms. The number of para-hydroxylation sites is 2. The van der Waals surface area contributed by atoms with E-state index in [-0.39, 0.29) is 0 Å². The van der Waals surface area contributed by atoms with Gasteiger partial charge in [0.15, 0.2) is 0 Å². The van der Waals surface area contributed by atoms with Gasteiger partial charge >= 0.3 is 0 Å². The molecule has 0 atom stereocenters. The molecule has 0 spiro atoms. The van der Waals surface area contributed by atoms with Gasteiger partial charge in [-0.05, 0) is 24.3 Å². The maximum Gasteiger partial charge on any atom is 0.145 e. The van der Waals surface area contributed by atoms with Crippen molar-refractivity contribution in [2.75, 3.05) is 7.11 Å². The van der Waals surface area contributed by atoms with Gasteiger partial charge in [-0.3, -0.25) is 4.57 Å². The van der Waals surface area contributed by atoms with Gasteiger partial charge in [-0.15, -0.1) is 0 Å². The Labute approximate surface area is 134 Å². The van der Waals surface area contributed by atoms with Crippen LogP contribution < -0.4 is 4.74 Å². The summed E-state index contributed by atoms with van der Waals surface area (Å²) in [5.41, 5.74) is 4.19. The molecule has 0 N–H and O–H groups in total. The zero-order valence-electron chi connectivity index (χ0n) is 12.8. The van der Waals surface area contributed by atoms with Crippen LogP contribution >= 0.6 is 0 Å². The van der Waals surface area contributed by atoms with Crippen LogP contribution in [0, 0.1) is 0 Å². The summed E-state index contributed by atoms with van der Waals surface area (Å²) in [4.78, 5) is 4.84. The van der Waals surface area contributed by atoms with Crippen LogP contribution in [0.3, 0.4) is 0 Å². The summed E-state index contributed by atoms with van der Waals surface area (Å²) >= 11 is 0. The highest BCUT2D eigenvalue weighted by molar-refractivity contribution is 5.83. The monoisotopic (exact) mass is 300 g/mol. The molecular formula is C20H16N2O. The van der Waals surface area contributed by atoms with Crippen LogP contribution in [-0.2, 0) is 0 Å². The minimum atomic E-state index is 0.833. The second-order valence-corrected chi connectivity index (χ2v) is 5.33. The van der Waals surface area contributed by atoms with Crippen molar-refractivity contribution in [1.82, 2.24) is 9.55 Å². The van der Waals surface area contributed by atoms with Gasteiger partial charge in [0.25, 0.3) is 0 Å². The Balaban J connectivity index is 2.03. The van der Waals surface area contributed by atoms with Gasteiger partial charge in [0, 0.05) is 11.6 Å². The van der Waals surface area contributed by atoms with Crippen molar-refractivity contribution < 1.29 is 4.74 Å². The van der Waals surface area contributed by atoms with E-state index in [0.717, 1.165) is 33.9 Å². The number of hydrogen-bond acceptors (Lipinski definition) is 2. The number of aromatic nitrogens is 2. The third-order valence-electron chi connectivity index (χ3n) is 3.90. The van der Waals surface area contributed by atoms with Crippen molar-refractivity contribution in [3.8, 4) is 22.8 Å². The number of imidazole rings is 1. The summed E-state index contributed by atoms with van der Waals surface area (Å²) in [5, 5.41) is 0. The summed E-state index contributed by atoms with van der Waals surface area (Å²) in [6, 6.07) is 26.5. The van der Waals surface area contributed by atoms with Crippen LogP contribution in [-0.4, -0.2) is 16.7 Å².